The van der Waals surface area contributed by atoms with Crippen LogP contribution in [-0.4, -0.2) is 20.9 Å². The molecular weight excluding hydrogens is 295 g/mol. The van der Waals surface area contributed by atoms with Crippen LogP contribution >= 0.6 is 11.6 Å². The highest BCUT2D eigenvalue weighted by atomic mass is 35.5. The molecule has 0 amide bonds. The Labute approximate surface area is 116 Å². The molecular formula is C12H7ClF3N3O. The van der Waals surface area contributed by atoms with Crippen molar-refractivity contribution in [3.63, 3.8) is 0 Å². The lowest BCUT2D eigenvalue weighted by molar-refractivity contribution is -0.137. The molecule has 0 fully saturated rings. The number of hydrogen-bond acceptors (Lipinski definition) is 4. The smallest absolute Gasteiger partial charge is 0.410 e. The Bertz CT molecular complexity index is 644. The van der Waals surface area contributed by atoms with Crippen molar-refractivity contribution in [2.24, 2.45) is 5.16 Å². The van der Waals surface area contributed by atoms with E-state index in [1.54, 1.807) is 12.1 Å². The molecule has 0 unspecified atom stereocenters. The molecule has 104 valence electrons. The minimum absolute atomic E-state index is 0.0585. The number of hydrogen-bond donors (Lipinski definition) is 1. The fourth-order valence-electron chi connectivity index (χ4n) is 1.51. The van der Waals surface area contributed by atoms with Crippen molar-refractivity contribution in [2.75, 3.05) is 0 Å². The van der Waals surface area contributed by atoms with E-state index in [-0.39, 0.29) is 16.4 Å². The van der Waals surface area contributed by atoms with Crippen LogP contribution in [0.1, 0.15) is 16.8 Å². The van der Waals surface area contributed by atoms with Gasteiger partial charge in [0.15, 0.2) is 0 Å². The first-order valence-electron chi connectivity index (χ1n) is 5.29. The molecule has 8 heteroatoms. The molecule has 0 atom stereocenters. The van der Waals surface area contributed by atoms with Crippen molar-refractivity contribution in [1.82, 2.24) is 9.97 Å². The summed E-state index contributed by atoms with van der Waals surface area (Å²) >= 11 is 5.78. The number of halogens is 4. The lowest BCUT2D eigenvalue weighted by Crippen LogP contribution is -2.11. The molecule has 0 bridgehead atoms. The minimum atomic E-state index is -4.54. The highest BCUT2D eigenvalue weighted by Crippen LogP contribution is 2.31. The molecule has 2 rings (SSSR count). The largest absolute Gasteiger partial charge is 0.417 e. The van der Waals surface area contributed by atoms with Crippen LogP contribution in [0.2, 0.25) is 5.02 Å². The third-order valence-electron chi connectivity index (χ3n) is 2.43. The highest BCUT2D eigenvalue weighted by molar-refractivity contribution is 6.35. The second-order valence-electron chi connectivity index (χ2n) is 3.74. The van der Waals surface area contributed by atoms with Crippen LogP contribution in [0.4, 0.5) is 13.2 Å². The summed E-state index contributed by atoms with van der Waals surface area (Å²) in [6, 6.07) is 3.88. The summed E-state index contributed by atoms with van der Waals surface area (Å²) < 4.78 is 37.6. The molecule has 0 saturated carbocycles. The van der Waals surface area contributed by atoms with E-state index in [9.17, 15) is 13.2 Å². The summed E-state index contributed by atoms with van der Waals surface area (Å²) in [4.78, 5) is 7.44. The zero-order valence-electron chi connectivity index (χ0n) is 9.76. The first-order chi connectivity index (χ1) is 9.43. The summed E-state index contributed by atoms with van der Waals surface area (Å²) in [7, 11) is 0. The van der Waals surface area contributed by atoms with Crippen LogP contribution in [0.3, 0.4) is 0 Å². The fourth-order valence-corrected chi connectivity index (χ4v) is 1.77. The van der Waals surface area contributed by atoms with Gasteiger partial charge in [0.25, 0.3) is 0 Å². The third kappa shape index (κ3) is 2.88. The summed E-state index contributed by atoms with van der Waals surface area (Å²) in [5.41, 5.74) is -0.717. The van der Waals surface area contributed by atoms with Crippen molar-refractivity contribution in [2.45, 2.75) is 6.18 Å². The zero-order chi connectivity index (χ0) is 14.8. The van der Waals surface area contributed by atoms with Gasteiger partial charge in [-0.05, 0) is 18.2 Å². The molecule has 0 aromatic carbocycles. The lowest BCUT2D eigenvalue weighted by atomic mass is 10.1. The summed E-state index contributed by atoms with van der Waals surface area (Å²) in [5.74, 6) is 0. The molecule has 2 heterocycles. The Kier molecular flexibility index (Phi) is 3.89. The predicted octanol–water partition coefficient (Wildman–Crippen LogP) is 3.38. The van der Waals surface area contributed by atoms with Crippen molar-refractivity contribution in [3.8, 4) is 0 Å². The average Bonchev–Trinajstić information content (AvgIpc) is 2.41. The molecule has 1 N–H and O–H groups in total. The van der Waals surface area contributed by atoms with Crippen LogP contribution in [0.5, 0.6) is 0 Å². The molecule has 20 heavy (non-hydrogen) atoms. The van der Waals surface area contributed by atoms with Crippen LogP contribution < -0.4 is 0 Å². The van der Waals surface area contributed by atoms with E-state index in [2.05, 4.69) is 15.1 Å². The Morgan fingerprint density at radius 2 is 2.05 bits per heavy atom. The lowest BCUT2D eigenvalue weighted by Gasteiger charge is -2.10. The summed E-state index contributed by atoms with van der Waals surface area (Å²) in [6.07, 6.45) is -1.03. The van der Waals surface area contributed by atoms with E-state index in [1.807, 2.05) is 0 Å². The fraction of sp³-hybridized carbons (Fsp3) is 0.0833. The quantitative estimate of drug-likeness (QED) is 0.525. The highest BCUT2D eigenvalue weighted by Gasteiger charge is 2.32. The Balaban J connectivity index is 2.48. The van der Waals surface area contributed by atoms with Gasteiger partial charge in [-0.3, -0.25) is 9.97 Å². The van der Waals surface area contributed by atoms with E-state index in [0.717, 1.165) is 6.07 Å². The monoisotopic (exact) mass is 301 g/mol. The van der Waals surface area contributed by atoms with Gasteiger partial charge in [0.2, 0.25) is 0 Å². The van der Waals surface area contributed by atoms with Gasteiger partial charge in [-0.2, -0.15) is 13.2 Å². The van der Waals surface area contributed by atoms with Crippen LogP contribution in [0.25, 0.3) is 0 Å². The first-order valence-corrected chi connectivity index (χ1v) is 5.67. The molecule has 2 aromatic heterocycles. The van der Waals surface area contributed by atoms with Gasteiger partial charge in [0, 0.05) is 24.2 Å². The van der Waals surface area contributed by atoms with Crippen molar-refractivity contribution in [3.05, 3.63) is 58.6 Å². The molecule has 0 aliphatic carbocycles. The zero-order valence-corrected chi connectivity index (χ0v) is 10.5. The molecule has 0 aliphatic heterocycles. The Morgan fingerprint density at radius 3 is 2.55 bits per heavy atom. The van der Waals surface area contributed by atoms with Crippen molar-refractivity contribution >= 4 is 17.3 Å². The second-order valence-corrected chi connectivity index (χ2v) is 4.15. The molecule has 0 radical (unpaired) electrons. The molecule has 2 aromatic rings. The van der Waals surface area contributed by atoms with Gasteiger partial charge in [-0.15, -0.1) is 0 Å². The molecule has 0 aliphatic rings. The number of rotatable bonds is 2. The van der Waals surface area contributed by atoms with E-state index < -0.39 is 11.7 Å². The number of aromatic nitrogens is 2. The molecule has 4 nitrogen and oxygen atoms in total. The molecule has 0 saturated heterocycles. The predicted molar refractivity (Wildman–Crippen MR) is 65.9 cm³/mol. The minimum Gasteiger partial charge on any atom is -0.410 e. The van der Waals surface area contributed by atoms with Gasteiger partial charge in [-0.1, -0.05) is 16.8 Å². The van der Waals surface area contributed by atoms with Gasteiger partial charge in [-0.25, -0.2) is 0 Å². The van der Waals surface area contributed by atoms with Crippen LogP contribution in [-0.2, 0) is 6.18 Å². The van der Waals surface area contributed by atoms with E-state index >= 15 is 0 Å². The number of pyridine rings is 2. The van der Waals surface area contributed by atoms with Gasteiger partial charge in [0.1, 0.15) is 11.4 Å². The van der Waals surface area contributed by atoms with E-state index in [0.29, 0.717) is 11.8 Å². The van der Waals surface area contributed by atoms with E-state index in [1.165, 1.54) is 12.4 Å². The Morgan fingerprint density at radius 1 is 1.30 bits per heavy atom. The molecule has 0 spiro atoms. The van der Waals surface area contributed by atoms with Crippen molar-refractivity contribution < 1.29 is 18.4 Å². The summed E-state index contributed by atoms with van der Waals surface area (Å²) in [5, 5.41) is 11.8. The second kappa shape index (κ2) is 5.46. The number of oxime groups is 1. The maximum absolute atomic E-state index is 12.5. The van der Waals surface area contributed by atoms with Crippen molar-refractivity contribution in [1.29, 1.82) is 0 Å². The first kappa shape index (κ1) is 14.3. The van der Waals surface area contributed by atoms with E-state index in [4.69, 9.17) is 16.8 Å². The van der Waals surface area contributed by atoms with Gasteiger partial charge < -0.3 is 5.21 Å². The standard InChI is InChI=1S/C12H7ClF3N3O/c13-9-4-8(12(14,15)16)6-18-11(9)10(19-20)7-2-1-3-17-5-7/h1-6,20H/b19-10-. The van der Waals surface area contributed by atoms with Crippen LogP contribution in [0.15, 0.2) is 41.9 Å². The summed E-state index contributed by atoms with van der Waals surface area (Å²) in [6.45, 7) is 0. The third-order valence-corrected chi connectivity index (χ3v) is 2.72. The van der Waals surface area contributed by atoms with Crippen LogP contribution in [0, 0.1) is 0 Å². The average molecular weight is 302 g/mol. The maximum Gasteiger partial charge on any atom is 0.417 e. The van der Waals surface area contributed by atoms with Gasteiger partial charge >= 0.3 is 6.18 Å². The number of nitrogens with zero attached hydrogens (tertiary/aromatic N) is 3. The topological polar surface area (TPSA) is 58.4 Å². The normalized spacial score (nSPS) is 12.5. The Hall–Kier alpha value is -2.15. The SMILES string of the molecule is O/N=C(/c1cccnc1)c1ncc(C(F)(F)F)cc1Cl. The maximum atomic E-state index is 12.5. The number of alkyl halides is 3. The van der Waals surface area contributed by atoms with Gasteiger partial charge in [0.05, 0.1) is 10.6 Å².